The van der Waals surface area contributed by atoms with Crippen LogP contribution in [0.15, 0.2) is 24.3 Å². The Kier molecular flexibility index (Phi) is 6.16. The van der Waals surface area contributed by atoms with E-state index in [1.807, 2.05) is 0 Å². The van der Waals surface area contributed by atoms with E-state index in [9.17, 15) is 8.78 Å². The van der Waals surface area contributed by atoms with Gasteiger partial charge >= 0.3 is 0 Å². The summed E-state index contributed by atoms with van der Waals surface area (Å²) < 4.78 is 28.2. The van der Waals surface area contributed by atoms with Gasteiger partial charge in [-0.3, -0.25) is 0 Å². The van der Waals surface area contributed by atoms with Gasteiger partial charge in [-0.05, 0) is 17.7 Å². The Labute approximate surface area is 87.5 Å². The first kappa shape index (κ1) is 13.1. The maximum absolute atomic E-state index is 11.7. The van der Waals surface area contributed by atoms with Gasteiger partial charge in [-0.25, -0.2) is 8.78 Å². The molecule has 0 aromatic heterocycles. The molecule has 1 aromatic carbocycles. The van der Waals surface area contributed by atoms with Crippen LogP contribution < -0.4 is 10.5 Å². The minimum absolute atomic E-state index is 0. The fourth-order valence-electron chi connectivity index (χ4n) is 0.881. The molecule has 0 fully saturated rings. The van der Waals surface area contributed by atoms with Crippen molar-refractivity contribution in [3.05, 3.63) is 29.8 Å². The maximum atomic E-state index is 11.7. The van der Waals surface area contributed by atoms with Crippen LogP contribution in [0.3, 0.4) is 0 Å². The number of halogens is 3. The Balaban J connectivity index is 0.00000169. The van der Waals surface area contributed by atoms with E-state index in [-0.39, 0.29) is 12.4 Å². The van der Waals surface area contributed by atoms with E-state index in [1.54, 1.807) is 24.3 Å². The van der Waals surface area contributed by atoms with Crippen LogP contribution in [0.5, 0.6) is 5.75 Å². The second kappa shape index (κ2) is 6.56. The third-order valence-electron chi connectivity index (χ3n) is 1.54. The standard InChI is InChI=1S/C9H11F2NO.ClH/c10-9(11)6-13-8-3-1-7(5-12)2-4-8;/h1-4,9H,5-6,12H2;1H. The van der Waals surface area contributed by atoms with Gasteiger partial charge in [0, 0.05) is 6.54 Å². The maximum Gasteiger partial charge on any atom is 0.272 e. The Bertz CT molecular complexity index is 253. The molecule has 2 N–H and O–H groups in total. The predicted molar refractivity (Wildman–Crippen MR) is 53.1 cm³/mol. The lowest BCUT2D eigenvalue weighted by atomic mass is 10.2. The normalized spacial score (nSPS) is 9.71. The number of hydrogen-bond acceptors (Lipinski definition) is 2. The van der Waals surface area contributed by atoms with Gasteiger partial charge < -0.3 is 10.5 Å². The Morgan fingerprint density at radius 3 is 2.21 bits per heavy atom. The molecule has 0 amide bonds. The summed E-state index contributed by atoms with van der Waals surface area (Å²) in [4.78, 5) is 0. The minimum atomic E-state index is -2.44. The van der Waals surface area contributed by atoms with Crippen molar-refractivity contribution in [3.8, 4) is 5.75 Å². The smallest absolute Gasteiger partial charge is 0.272 e. The molecule has 0 aliphatic heterocycles. The van der Waals surface area contributed by atoms with Crippen molar-refractivity contribution in [2.24, 2.45) is 5.73 Å². The second-order valence-electron chi connectivity index (χ2n) is 2.55. The summed E-state index contributed by atoms with van der Waals surface area (Å²) in [5, 5.41) is 0. The van der Waals surface area contributed by atoms with Crippen molar-refractivity contribution in [1.82, 2.24) is 0 Å². The summed E-state index contributed by atoms with van der Waals surface area (Å²) in [7, 11) is 0. The number of alkyl halides is 2. The molecule has 0 saturated carbocycles. The van der Waals surface area contributed by atoms with Crippen molar-refractivity contribution >= 4 is 12.4 Å². The molecule has 5 heteroatoms. The lowest BCUT2D eigenvalue weighted by molar-refractivity contribution is 0.0819. The molecule has 2 nitrogen and oxygen atoms in total. The first-order valence-corrected chi connectivity index (χ1v) is 3.92. The average Bonchev–Trinajstić information content (AvgIpc) is 2.15. The third-order valence-corrected chi connectivity index (χ3v) is 1.54. The summed E-state index contributed by atoms with van der Waals surface area (Å²) in [6.45, 7) is -0.128. The van der Waals surface area contributed by atoms with E-state index in [1.165, 1.54) is 0 Å². The van der Waals surface area contributed by atoms with E-state index < -0.39 is 13.0 Å². The fourth-order valence-corrected chi connectivity index (χ4v) is 0.881. The summed E-state index contributed by atoms with van der Waals surface area (Å²) in [6, 6.07) is 6.76. The quantitative estimate of drug-likeness (QED) is 0.850. The van der Waals surface area contributed by atoms with E-state index in [2.05, 4.69) is 0 Å². The van der Waals surface area contributed by atoms with E-state index in [0.717, 1.165) is 5.56 Å². The average molecular weight is 224 g/mol. The SMILES string of the molecule is Cl.NCc1ccc(OCC(F)F)cc1. The van der Waals surface area contributed by atoms with Gasteiger partial charge in [0.15, 0.2) is 0 Å². The van der Waals surface area contributed by atoms with Crippen LogP contribution in [0.25, 0.3) is 0 Å². The molecule has 1 aromatic rings. The van der Waals surface area contributed by atoms with E-state index in [0.29, 0.717) is 12.3 Å². The first-order valence-electron chi connectivity index (χ1n) is 3.92. The van der Waals surface area contributed by atoms with Crippen molar-refractivity contribution < 1.29 is 13.5 Å². The van der Waals surface area contributed by atoms with Crippen LogP contribution in [0.1, 0.15) is 5.56 Å². The zero-order chi connectivity index (χ0) is 9.68. The van der Waals surface area contributed by atoms with Gasteiger partial charge in [-0.15, -0.1) is 12.4 Å². The van der Waals surface area contributed by atoms with Crippen LogP contribution >= 0.6 is 12.4 Å². The molecule has 0 saturated heterocycles. The Hall–Kier alpha value is -0.870. The largest absolute Gasteiger partial charge is 0.488 e. The highest BCUT2D eigenvalue weighted by molar-refractivity contribution is 5.85. The third kappa shape index (κ3) is 4.39. The summed E-state index contributed by atoms with van der Waals surface area (Å²) in [5.41, 5.74) is 6.31. The fraction of sp³-hybridized carbons (Fsp3) is 0.333. The second-order valence-corrected chi connectivity index (χ2v) is 2.55. The van der Waals surface area contributed by atoms with Gasteiger partial charge in [0.1, 0.15) is 12.4 Å². The molecule has 14 heavy (non-hydrogen) atoms. The Morgan fingerprint density at radius 2 is 1.79 bits per heavy atom. The molecule has 0 aliphatic carbocycles. The van der Waals surface area contributed by atoms with Gasteiger partial charge in [0.25, 0.3) is 6.43 Å². The molecule has 80 valence electrons. The monoisotopic (exact) mass is 223 g/mol. The number of benzene rings is 1. The Morgan fingerprint density at radius 1 is 1.21 bits per heavy atom. The van der Waals surface area contributed by atoms with Crippen LogP contribution in [0.4, 0.5) is 8.78 Å². The molecular weight excluding hydrogens is 212 g/mol. The number of ether oxygens (including phenoxy) is 1. The van der Waals surface area contributed by atoms with Crippen LogP contribution in [-0.4, -0.2) is 13.0 Å². The summed E-state index contributed by atoms with van der Waals surface area (Å²) >= 11 is 0. The summed E-state index contributed by atoms with van der Waals surface area (Å²) in [5.74, 6) is 0.442. The minimum Gasteiger partial charge on any atom is -0.488 e. The molecule has 0 atom stereocenters. The molecule has 0 radical (unpaired) electrons. The lowest BCUT2D eigenvalue weighted by Crippen LogP contribution is -2.07. The molecule has 0 spiro atoms. The zero-order valence-electron chi connectivity index (χ0n) is 7.45. The highest BCUT2D eigenvalue weighted by Crippen LogP contribution is 2.12. The summed E-state index contributed by atoms with van der Waals surface area (Å²) in [6.07, 6.45) is -2.44. The van der Waals surface area contributed by atoms with Gasteiger partial charge in [-0.1, -0.05) is 12.1 Å². The van der Waals surface area contributed by atoms with Crippen molar-refractivity contribution in [1.29, 1.82) is 0 Å². The number of hydrogen-bond donors (Lipinski definition) is 1. The van der Waals surface area contributed by atoms with Crippen LogP contribution in [0.2, 0.25) is 0 Å². The van der Waals surface area contributed by atoms with Crippen LogP contribution in [-0.2, 0) is 6.54 Å². The highest BCUT2D eigenvalue weighted by atomic mass is 35.5. The van der Waals surface area contributed by atoms with Crippen molar-refractivity contribution in [2.75, 3.05) is 6.61 Å². The number of nitrogens with two attached hydrogens (primary N) is 1. The molecule has 0 unspecified atom stereocenters. The molecule has 1 rings (SSSR count). The molecule has 0 heterocycles. The van der Waals surface area contributed by atoms with E-state index >= 15 is 0 Å². The van der Waals surface area contributed by atoms with Crippen molar-refractivity contribution in [3.63, 3.8) is 0 Å². The molecular formula is C9H12ClF2NO. The topological polar surface area (TPSA) is 35.2 Å². The number of rotatable bonds is 4. The van der Waals surface area contributed by atoms with Gasteiger partial charge in [0.05, 0.1) is 0 Å². The van der Waals surface area contributed by atoms with E-state index in [4.69, 9.17) is 10.5 Å². The van der Waals surface area contributed by atoms with Gasteiger partial charge in [0.2, 0.25) is 0 Å². The molecule has 0 aliphatic rings. The van der Waals surface area contributed by atoms with Gasteiger partial charge in [-0.2, -0.15) is 0 Å². The predicted octanol–water partition coefficient (Wildman–Crippen LogP) is 2.21. The highest BCUT2D eigenvalue weighted by Gasteiger charge is 2.02. The first-order chi connectivity index (χ1) is 6.22. The van der Waals surface area contributed by atoms with Crippen molar-refractivity contribution in [2.45, 2.75) is 13.0 Å². The molecule has 0 bridgehead atoms. The zero-order valence-corrected chi connectivity index (χ0v) is 8.27. The van der Waals surface area contributed by atoms with Crippen LogP contribution in [0, 0.1) is 0 Å². The lowest BCUT2D eigenvalue weighted by Gasteiger charge is -2.05.